The molecule has 31 heavy (non-hydrogen) atoms. The molecule has 5 heteroatoms. The highest BCUT2D eigenvalue weighted by Crippen LogP contribution is 2.32. The van der Waals surface area contributed by atoms with E-state index in [1.165, 1.54) is 41.6 Å². The van der Waals surface area contributed by atoms with Gasteiger partial charge in [0.15, 0.2) is 0 Å². The van der Waals surface area contributed by atoms with Crippen molar-refractivity contribution in [3.8, 4) is 0 Å². The molecule has 1 saturated heterocycles. The number of rotatable bonds is 4. The summed E-state index contributed by atoms with van der Waals surface area (Å²) in [4.78, 5) is 22.5. The Morgan fingerprint density at radius 1 is 1.13 bits per heavy atom. The largest absolute Gasteiger partial charge is 0.339 e. The number of fused-ring (bicyclic) bond motifs is 2. The molecule has 3 aliphatic rings. The lowest BCUT2D eigenvalue weighted by Crippen LogP contribution is -2.46. The number of carbonyl (C=O) groups is 1. The van der Waals surface area contributed by atoms with E-state index in [0.29, 0.717) is 12.1 Å². The average molecular weight is 419 g/mol. The van der Waals surface area contributed by atoms with Crippen molar-refractivity contribution in [3.05, 3.63) is 64.5 Å². The van der Waals surface area contributed by atoms with Gasteiger partial charge in [0, 0.05) is 44.0 Å². The Morgan fingerprint density at radius 3 is 2.84 bits per heavy atom. The number of hydrogen-bond acceptors (Lipinski definition) is 4. The standard InChI is InChI=1S/C26H34N4O/c1-29(24-12-6-8-19-10-7-13-27-25(19)24)18-21-16-23-20(17-28-21)9-5-11-22(23)26(31)30-14-3-2-4-15-30/h5,7,9-11,13,21,24,28H,2-4,6,8,12,14-18H2,1H3/t21-,24+/m1/s1. The molecule has 0 spiro atoms. The summed E-state index contributed by atoms with van der Waals surface area (Å²) in [5.41, 5.74) is 6.14. The third-order valence-corrected chi connectivity index (χ3v) is 7.38. The van der Waals surface area contributed by atoms with Gasteiger partial charge in [-0.2, -0.15) is 0 Å². The van der Waals surface area contributed by atoms with Crippen LogP contribution < -0.4 is 5.32 Å². The molecule has 3 heterocycles. The van der Waals surface area contributed by atoms with Gasteiger partial charge >= 0.3 is 0 Å². The lowest BCUT2D eigenvalue weighted by molar-refractivity contribution is 0.0722. The molecule has 1 N–H and O–H groups in total. The van der Waals surface area contributed by atoms with Gasteiger partial charge in [0.1, 0.15) is 0 Å². The van der Waals surface area contributed by atoms with Gasteiger partial charge in [0.25, 0.3) is 5.91 Å². The SMILES string of the molecule is CN(C[C@H]1Cc2c(cccc2C(=O)N2CCCCC2)CN1)[C@H]1CCCc2cccnc21. The maximum absolute atomic E-state index is 13.3. The molecular formula is C26H34N4O. The molecule has 5 nitrogen and oxygen atoms in total. The monoisotopic (exact) mass is 418 g/mol. The van der Waals surface area contributed by atoms with Crippen LogP contribution in [0.1, 0.15) is 70.9 Å². The number of likely N-dealkylation sites (tertiary alicyclic amines) is 1. The van der Waals surface area contributed by atoms with Crippen LogP contribution in [0, 0.1) is 0 Å². The van der Waals surface area contributed by atoms with Crippen molar-refractivity contribution < 1.29 is 4.79 Å². The first-order chi connectivity index (χ1) is 15.2. The molecule has 2 aliphatic heterocycles. The number of carbonyl (C=O) groups excluding carboxylic acids is 1. The van der Waals surface area contributed by atoms with Crippen LogP contribution in [0.25, 0.3) is 0 Å². The van der Waals surface area contributed by atoms with Crippen LogP contribution in [0.3, 0.4) is 0 Å². The van der Waals surface area contributed by atoms with E-state index in [0.717, 1.165) is 57.4 Å². The number of pyridine rings is 1. The number of aromatic nitrogens is 1. The van der Waals surface area contributed by atoms with Crippen LogP contribution in [0.4, 0.5) is 0 Å². The van der Waals surface area contributed by atoms with E-state index >= 15 is 0 Å². The van der Waals surface area contributed by atoms with Gasteiger partial charge in [-0.3, -0.25) is 14.7 Å². The highest BCUT2D eigenvalue weighted by atomic mass is 16.2. The van der Waals surface area contributed by atoms with Crippen molar-refractivity contribution in [3.63, 3.8) is 0 Å². The van der Waals surface area contributed by atoms with Crippen molar-refractivity contribution in [2.24, 2.45) is 0 Å². The minimum absolute atomic E-state index is 0.232. The summed E-state index contributed by atoms with van der Waals surface area (Å²) < 4.78 is 0. The van der Waals surface area contributed by atoms with Gasteiger partial charge in [-0.1, -0.05) is 18.2 Å². The summed E-state index contributed by atoms with van der Waals surface area (Å²) in [5, 5.41) is 3.73. The highest BCUT2D eigenvalue weighted by molar-refractivity contribution is 5.96. The fraction of sp³-hybridized carbons (Fsp3) is 0.538. The zero-order chi connectivity index (χ0) is 21.2. The molecule has 0 radical (unpaired) electrons. The summed E-state index contributed by atoms with van der Waals surface area (Å²) in [7, 11) is 2.23. The molecule has 0 unspecified atom stereocenters. The number of piperidine rings is 1. The Balaban J connectivity index is 1.31. The van der Waals surface area contributed by atoms with E-state index < -0.39 is 0 Å². The van der Waals surface area contributed by atoms with E-state index in [9.17, 15) is 4.79 Å². The van der Waals surface area contributed by atoms with Crippen molar-refractivity contribution in [1.82, 2.24) is 20.1 Å². The van der Waals surface area contributed by atoms with E-state index in [1.807, 2.05) is 12.3 Å². The van der Waals surface area contributed by atoms with Crippen molar-refractivity contribution in [1.29, 1.82) is 0 Å². The molecule has 0 bridgehead atoms. The molecule has 2 atom stereocenters. The van der Waals surface area contributed by atoms with E-state index in [2.05, 4.69) is 46.4 Å². The summed E-state index contributed by atoms with van der Waals surface area (Å²) in [5.74, 6) is 0.232. The summed E-state index contributed by atoms with van der Waals surface area (Å²) in [6.45, 7) is 3.61. The molecule has 1 aromatic carbocycles. The Hall–Kier alpha value is -2.24. The molecule has 1 aliphatic carbocycles. The minimum Gasteiger partial charge on any atom is -0.339 e. The molecule has 1 amide bonds. The van der Waals surface area contributed by atoms with Crippen molar-refractivity contribution in [2.75, 3.05) is 26.7 Å². The van der Waals surface area contributed by atoms with Gasteiger partial charge < -0.3 is 10.2 Å². The van der Waals surface area contributed by atoms with Crippen LogP contribution in [0.2, 0.25) is 0 Å². The Kier molecular flexibility index (Phi) is 6.06. The van der Waals surface area contributed by atoms with E-state index in [-0.39, 0.29) is 5.91 Å². The molecule has 1 fully saturated rings. The summed E-state index contributed by atoms with van der Waals surface area (Å²) >= 11 is 0. The van der Waals surface area contributed by atoms with Gasteiger partial charge in [-0.15, -0.1) is 0 Å². The number of benzene rings is 1. The maximum Gasteiger partial charge on any atom is 0.254 e. The van der Waals surface area contributed by atoms with Crippen LogP contribution in [-0.4, -0.2) is 53.4 Å². The highest BCUT2D eigenvalue weighted by Gasteiger charge is 2.30. The first-order valence-electron chi connectivity index (χ1n) is 12.0. The van der Waals surface area contributed by atoms with E-state index in [4.69, 9.17) is 4.98 Å². The molecule has 2 aromatic rings. The number of amides is 1. The molecule has 5 rings (SSSR count). The zero-order valence-corrected chi connectivity index (χ0v) is 18.6. The van der Waals surface area contributed by atoms with Crippen LogP contribution in [0.15, 0.2) is 36.5 Å². The van der Waals surface area contributed by atoms with Gasteiger partial charge in [0.2, 0.25) is 0 Å². The number of nitrogens with zero attached hydrogens (tertiary/aromatic N) is 3. The summed E-state index contributed by atoms with van der Waals surface area (Å²) in [6.07, 6.45) is 9.89. The van der Waals surface area contributed by atoms with Gasteiger partial charge in [0.05, 0.1) is 11.7 Å². The summed E-state index contributed by atoms with van der Waals surface area (Å²) in [6, 6.07) is 11.3. The average Bonchev–Trinajstić information content (AvgIpc) is 2.83. The fourth-order valence-electron chi connectivity index (χ4n) is 5.70. The van der Waals surface area contributed by atoms with Crippen LogP contribution >= 0.6 is 0 Å². The Labute approximate surface area is 185 Å². The van der Waals surface area contributed by atoms with Crippen molar-refractivity contribution >= 4 is 5.91 Å². The predicted molar refractivity (Wildman–Crippen MR) is 123 cm³/mol. The van der Waals surface area contributed by atoms with Crippen LogP contribution in [0.5, 0.6) is 0 Å². The molecular weight excluding hydrogens is 384 g/mol. The second-order valence-electron chi connectivity index (χ2n) is 9.47. The lowest BCUT2D eigenvalue weighted by atomic mass is 9.88. The Bertz CT molecular complexity index is 937. The lowest BCUT2D eigenvalue weighted by Gasteiger charge is -2.37. The predicted octanol–water partition coefficient (Wildman–Crippen LogP) is 3.73. The normalized spacial score (nSPS) is 23.4. The Morgan fingerprint density at radius 2 is 1.97 bits per heavy atom. The molecule has 1 aromatic heterocycles. The van der Waals surface area contributed by atoms with Crippen LogP contribution in [-0.2, 0) is 19.4 Å². The topological polar surface area (TPSA) is 48.5 Å². The first kappa shape index (κ1) is 20.7. The minimum atomic E-state index is 0.232. The smallest absolute Gasteiger partial charge is 0.254 e. The van der Waals surface area contributed by atoms with Gasteiger partial charge in [-0.05, 0) is 80.8 Å². The number of hydrogen-bond donors (Lipinski definition) is 1. The third-order valence-electron chi connectivity index (χ3n) is 7.38. The number of nitrogens with one attached hydrogen (secondary N) is 1. The molecule has 0 saturated carbocycles. The first-order valence-corrected chi connectivity index (χ1v) is 12.0. The quantitative estimate of drug-likeness (QED) is 0.822. The number of aryl methyl sites for hydroxylation is 1. The fourth-order valence-corrected chi connectivity index (χ4v) is 5.70. The maximum atomic E-state index is 13.3. The molecule has 164 valence electrons. The third kappa shape index (κ3) is 4.26. The van der Waals surface area contributed by atoms with E-state index in [1.54, 1.807) is 0 Å². The number of likely N-dealkylation sites (N-methyl/N-ethyl adjacent to an activating group) is 1. The second kappa shape index (κ2) is 9.09. The van der Waals surface area contributed by atoms with Gasteiger partial charge in [-0.25, -0.2) is 0 Å². The zero-order valence-electron chi connectivity index (χ0n) is 18.6. The van der Waals surface area contributed by atoms with Crippen molar-refractivity contribution in [2.45, 2.75) is 63.6 Å². The second-order valence-corrected chi connectivity index (χ2v) is 9.47.